The van der Waals surface area contributed by atoms with Gasteiger partial charge in [-0.2, -0.15) is 0 Å². The maximum absolute atomic E-state index is 11.6. The van der Waals surface area contributed by atoms with Gasteiger partial charge in [0.1, 0.15) is 0 Å². The second-order valence-electron chi connectivity index (χ2n) is 3.46. The van der Waals surface area contributed by atoms with Gasteiger partial charge in [0.2, 0.25) is 5.91 Å². The van der Waals surface area contributed by atoms with E-state index in [4.69, 9.17) is 10.5 Å². The highest BCUT2D eigenvalue weighted by Gasteiger charge is 2.27. The van der Waals surface area contributed by atoms with Gasteiger partial charge in [0.05, 0.1) is 25.3 Å². The average Bonchev–Trinajstić information content (AvgIpc) is 2.16. The van der Waals surface area contributed by atoms with E-state index in [0.717, 1.165) is 6.42 Å². The molecule has 0 aromatic carbocycles. The number of hydrogen-bond donors (Lipinski definition) is 1. The van der Waals surface area contributed by atoms with Crippen LogP contribution >= 0.6 is 0 Å². The molecule has 0 aromatic heterocycles. The minimum absolute atomic E-state index is 0.0372. The van der Waals surface area contributed by atoms with E-state index in [1.54, 1.807) is 6.92 Å². The summed E-state index contributed by atoms with van der Waals surface area (Å²) in [5.74, 6) is 0.0372. The Kier molecular flexibility index (Phi) is 3.69. The Hall–Kier alpha value is -0.610. The quantitative estimate of drug-likeness (QED) is 0.659. The highest BCUT2D eigenvalue weighted by atomic mass is 16.5. The second-order valence-corrected chi connectivity index (χ2v) is 3.46. The standard InChI is InChI=1S/C9H18N2O2/c1-3-8-6-13-5-4-11(8)9(12)7(2)10/h7-8H,3-6,10H2,1-2H3/t7-,8?/m1/s1. The predicted molar refractivity (Wildman–Crippen MR) is 50.3 cm³/mol. The van der Waals surface area contributed by atoms with Gasteiger partial charge in [-0.1, -0.05) is 6.92 Å². The molecular weight excluding hydrogens is 168 g/mol. The number of carbonyl (C=O) groups is 1. The van der Waals surface area contributed by atoms with E-state index in [2.05, 4.69) is 6.92 Å². The van der Waals surface area contributed by atoms with Crippen molar-refractivity contribution < 1.29 is 9.53 Å². The molecule has 4 nitrogen and oxygen atoms in total. The number of carbonyl (C=O) groups excluding carboxylic acids is 1. The van der Waals surface area contributed by atoms with Crippen LogP contribution in [-0.4, -0.2) is 42.6 Å². The van der Waals surface area contributed by atoms with E-state index in [0.29, 0.717) is 19.8 Å². The molecule has 0 saturated carbocycles. The number of nitrogens with two attached hydrogens (primary N) is 1. The maximum Gasteiger partial charge on any atom is 0.239 e. The number of hydrogen-bond acceptors (Lipinski definition) is 3. The van der Waals surface area contributed by atoms with Crippen LogP contribution in [0.25, 0.3) is 0 Å². The molecule has 2 atom stereocenters. The zero-order valence-electron chi connectivity index (χ0n) is 8.32. The minimum atomic E-state index is -0.396. The lowest BCUT2D eigenvalue weighted by atomic mass is 10.1. The molecule has 1 unspecified atom stereocenters. The van der Waals surface area contributed by atoms with E-state index in [1.807, 2.05) is 4.90 Å². The maximum atomic E-state index is 11.6. The summed E-state index contributed by atoms with van der Waals surface area (Å²) in [6.45, 7) is 5.74. The predicted octanol–water partition coefficient (Wildman–Crippen LogP) is -0.0290. The highest BCUT2D eigenvalue weighted by Crippen LogP contribution is 2.11. The first-order valence-electron chi connectivity index (χ1n) is 4.80. The van der Waals surface area contributed by atoms with Crippen LogP contribution in [-0.2, 0) is 9.53 Å². The van der Waals surface area contributed by atoms with Crippen LogP contribution in [0.5, 0.6) is 0 Å². The van der Waals surface area contributed by atoms with E-state index in [9.17, 15) is 4.79 Å². The number of ether oxygens (including phenoxy) is 1. The second kappa shape index (κ2) is 4.58. The molecule has 4 heteroatoms. The van der Waals surface area contributed by atoms with Crippen molar-refractivity contribution >= 4 is 5.91 Å². The smallest absolute Gasteiger partial charge is 0.239 e. The fraction of sp³-hybridized carbons (Fsp3) is 0.889. The molecule has 1 aliphatic rings. The van der Waals surface area contributed by atoms with Crippen molar-refractivity contribution in [2.75, 3.05) is 19.8 Å². The first kappa shape index (κ1) is 10.5. The lowest BCUT2D eigenvalue weighted by Crippen LogP contribution is -2.53. The summed E-state index contributed by atoms with van der Waals surface area (Å²) in [4.78, 5) is 13.5. The summed E-state index contributed by atoms with van der Waals surface area (Å²) in [7, 11) is 0. The molecule has 0 aromatic rings. The van der Waals surface area contributed by atoms with Gasteiger partial charge >= 0.3 is 0 Å². The third-order valence-corrected chi connectivity index (χ3v) is 2.37. The normalized spacial score (nSPS) is 25.8. The van der Waals surface area contributed by atoms with Crippen molar-refractivity contribution in [3.8, 4) is 0 Å². The molecule has 1 fully saturated rings. The van der Waals surface area contributed by atoms with Crippen molar-refractivity contribution in [3.63, 3.8) is 0 Å². The van der Waals surface area contributed by atoms with Crippen molar-refractivity contribution in [3.05, 3.63) is 0 Å². The van der Waals surface area contributed by atoms with Gasteiger partial charge < -0.3 is 15.4 Å². The van der Waals surface area contributed by atoms with Gasteiger partial charge in [0.25, 0.3) is 0 Å². The number of morpholine rings is 1. The van der Waals surface area contributed by atoms with E-state index in [-0.39, 0.29) is 11.9 Å². The van der Waals surface area contributed by atoms with Gasteiger partial charge in [-0.3, -0.25) is 4.79 Å². The van der Waals surface area contributed by atoms with Crippen molar-refractivity contribution in [2.24, 2.45) is 5.73 Å². The third kappa shape index (κ3) is 2.42. The Balaban J connectivity index is 2.58. The van der Waals surface area contributed by atoms with Crippen LogP contribution in [0.15, 0.2) is 0 Å². The molecule has 1 amide bonds. The van der Waals surface area contributed by atoms with E-state index < -0.39 is 6.04 Å². The van der Waals surface area contributed by atoms with Crippen LogP contribution in [0.4, 0.5) is 0 Å². The lowest BCUT2D eigenvalue weighted by molar-refractivity contribution is -0.140. The number of amides is 1. The SMILES string of the molecule is CCC1COCCN1C(=O)[C@@H](C)N. The Morgan fingerprint density at radius 1 is 1.77 bits per heavy atom. The molecule has 0 radical (unpaired) electrons. The Morgan fingerprint density at radius 2 is 2.46 bits per heavy atom. The van der Waals surface area contributed by atoms with Crippen LogP contribution in [0, 0.1) is 0 Å². The van der Waals surface area contributed by atoms with Gasteiger partial charge in [0.15, 0.2) is 0 Å². The largest absolute Gasteiger partial charge is 0.377 e. The lowest BCUT2D eigenvalue weighted by Gasteiger charge is -2.36. The molecule has 1 rings (SSSR count). The highest BCUT2D eigenvalue weighted by molar-refractivity contribution is 5.81. The number of nitrogens with zero attached hydrogens (tertiary/aromatic N) is 1. The molecule has 1 saturated heterocycles. The molecule has 0 aliphatic carbocycles. The summed E-state index contributed by atoms with van der Waals surface area (Å²) in [5.41, 5.74) is 5.55. The Bertz CT molecular complexity index is 182. The fourth-order valence-electron chi connectivity index (χ4n) is 1.54. The zero-order chi connectivity index (χ0) is 9.84. The van der Waals surface area contributed by atoms with Crippen molar-refractivity contribution in [1.29, 1.82) is 0 Å². The van der Waals surface area contributed by atoms with Crippen LogP contribution < -0.4 is 5.73 Å². The van der Waals surface area contributed by atoms with Gasteiger partial charge in [-0.25, -0.2) is 0 Å². The van der Waals surface area contributed by atoms with Crippen LogP contribution in [0.2, 0.25) is 0 Å². The van der Waals surface area contributed by atoms with Gasteiger partial charge in [-0.05, 0) is 13.3 Å². The molecule has 1 heterocycles. The molecule has 76 valence electrons. The first-order valence-corrected chi connectivity index (χ1v) is 4.80. The van der Waals surface area contributed by atoms with Crippen molar-refractivity contribution in [1.82, 2.24) is 4.90 Å². The topological polar surface area (TPSA) is 55.6 Å². The molecule has 0 bridgehead atoms. The van der Waals surface area contributed by atoms with E-state index in [1.165, 1.54) is 0 Å². The van der Waals surface area contributed by atoms with Crippen LogP contribution in [0.1, 0.15) is 20.3 Å². The first-order chi connectivity index (χ1) is 6.16. The van der Waals surface area contributed by atoms with Crippen LogP contribution in [0.3, 0.4) is 0 Å². The summed E-state index contributed by atoms with van der Waals surface area (Å²) in [6.07, 6.45) is 0.929. The number of rotatable bonds is 2. The van der Waals surface area contributed by atoms with Crippen molar-refractivity contribution in [2.45, 2.75) is 32.4 Å². The molecular formula is C9H18N2O2. The van der Waals surface area contributed by atoms with Gasteiger partial charge in [0, 0.05) is 6.54 Å². The zero-order valence-corrected chi connectivity index (χ0v) is 8.32. The summed E-state index contributed by atoms with van der Waals surface area (Å²) in [6, 6.07) is -0.181. The summed E-state index contributed by atoms with van der Waals surface area (Å²) < 4.78 is 5.30. The molecule has 2 N–H and O–H groups in total. The third-order valence-electron chi connectivity index (χ3n) is 2.37. The fourth-order valence-corrected chi connectivity index (χ4v) is 1.54. The Labute approximate surface area is 79.0 Å². The summed E-state index contributed by atoms with van der Waals surface area (Å²) >= 11 is 0. The Morgan fingerprint density at radius 3 is 3.00 bits per heavy atom. The molecule has 1 aliphatic heterocycles. The van der Waals surface area contributed by atoms with Gasteiger partial charge in [-0.15, -0.1) is 0 Å². The molecule has 13 heavy (non-hydrogen) atoms. The minimum Gasteiger partial charge on any atom is -0.377 e. The monoisotopic (exact) mass is 186 g/mol. The summed E-state index contributed by atoms with van der Waals surface area (Å²) in [5, 5.41) is 0. The average molecular weight is 186 g/mol. The molecule has 0 spiro atoms. The van der Waals surface area contributed by atoms with E-state index >= 15 is 0 Å².